The van der Waals surface area contributed by atoms with Crippen LogP contribution in [-0.4, -0.2) is 47.1 Å². The Morgan fingerprint density at radius 3 is 2.57 bits per heavy atom. The molecular formula is C18H32N2O3. The van der Waals surface area contributed by atoms with Crippen molar-refractivity contribution in [2.45, 2.75) is 71.4 Å². The molecule has 0 radical (unpaired) electrons. The Hall–Kier alpha value is -1.10. The van der Waals surface area contributed by atoms with Crippen molar-refractivity contribution in [3.05, 3.63) is 0 Å². The average molecular weight is 324 g/mol. The molecule has 2 fully saturated rings. The van der Waals surface area contributed by atoms with Gasteiger partial charge >= 0.3 is 0 Å². The van der Waals surface area contributed by atoms with Crippen molar-refractivity contribution in [3.63, 3.8) is 0 Å². The smallest absolute Gasteiger partial charge is 0.225 e. The van der Waals surface area contributed by atoms with Gasteiger partial charge in [-0.3, -0.25) is 9.59 Å². The van der Waals surface area contributed by atoms with Gasteiger partial charge in [0.25, 0.3) is 0 Å². The maximum Gasteiger partial charge on any atom is 0.225 e. The first kappa shape index (κ1) is 18.2. The summed E-state index contributed by atoms with van der Waals surface area (Å²) in [6.07, 6.45) is 5.20. The number of carbonyl (C=O) groups excluding carboxylic acids is 2. The number of aliphatic hydroxyl groups is 1. The SMILES string of the molecule is CC(O)CC(C)CNC(=O)C1CC(=O)N(C2CCC(C)CC2)C1. The van der Waals surface area contributed by atoms with E-state index >= 15 is 0 Å². The molecule has 0 aromatic heterocycles. The normalized spacial score (nSPS) is 31.0. The monoisotopic (exact) mass is 324 g/mol. The van der Waals surface area contributed by atoms with Crippen molar-refractivity contribution in [1.29, 1.82) is 0 Å². The largest absolute Gasteiger partial charge is 0.393 e. The molecule has 0 aromatic carbocycles. The molecule has 0 spiro atoms. The molecule has 5 nitrogen and oxygen atoms in total. The van der Waals surface area contributed by atoms with Crippen molar-refractivity contribution < 1.29 is 14.7 Å². The lowest BCUT2D eigenvalue weighted by Gasteiger charge is -2.33. The van der Waals surface area contributed by atoms with Crippen LogP contribution < -0.4 is 5.32 Å². The predicted molar refractivity (Wildman–Crippen MR) is 89.7 cm³/mol. The van der Waals surface area contributed by atoms with Gasteiger partial charge in [-0.25, -0.2) is 0 Å². The molecule has 0 aromatic rings. The topological polar surface area (TPSA) is 69.6 Å². The van der Waals surface area contributed by atoms with Crippen LogP contribution in [0.25, 0.3) is 0 Å². The quantitative estimate of drug-likeness (QED) is 0.784. The lowest BCUT2D eigenvalue weighted by Crippen LogP contribution is -2.40. The molecule has 5 heteroatoms. The van der Waals surface area contributed by atoms with Gasteiger partial charge in [0, 0.05) is 25.6 Å². The Bertz CT molecular complexity index is 416. The Labute approximate surface area is 139 Å². The number of hydrogen-bond acceptors (Lipinski definition) is 3. The highest BCUT2D eigenvalue weighted by atomic mass is 16.3. The number of nitrogens with one attached hydrogen (secondary N) is 1. The van der Waals surface area contributed by atoms with Gasteiger partial charge in [0.15, 0.2) is 0 Å². The Balaban J connectivity index is 1.78. The number of amides is 2. The molecule has 1 saturated heterocycles. The van der Waals surface area contributed by atoms with Crippen LogP contribution in [-0.2, 0) is 9.59 Å². The highest BCUT2D eigenvalue weighted by Gasteiger charge is 2.38. The number of hydrogen-bond donors (Lipinski definition) is 2. The van der Waals surface area contributed by atoms with E-state index in [2.05, 4.69) is 12.2 Å². The first-order valence-corrected chi connectivity index (χ1v) is 9.12. The van der Waals surface area contributed by atoms with Crippen molar-refractivity contribution in [3.8, 4) is 0 Å². The van der Waals surface area contributed by atoms with Crippen molar-refractivity contribution in [1.82, 2.24) is 10.2 Å². The summed E-state index contributed by atoms with van der Waals surface area (Å²) in [5.41, 5.74) is 0. The number of aliphatic hydroxyl groups excluding tert-OH is 1. The second kappa shape index (κ2) is 8.13. The minimum atomic E-state index is -0.348. The van der Waals surface area contributed by atoms with Crippen LogP contribution in [0.5, 0.6) is 0 Å². The van der Waals surface area contributed by atoms with Gasteiger partial charge in [0.1, 0.15) is 0 Å². The van der Waals surface area contributed by atoms with Crippen LogP contribution in [0.4, 0.5) is 0 Å². The summed E-state index contributed by atoms with van der Waals surface area (Å²) in [6, 6.07) is 0.339. The summed E-state index contributed by atoms with van der Waals surface area (Å²) in [5, 5.41) is 12.3. The van der Waals surface area contributed by atoms with Gasteiger partial charge in [0.2, 0.25) is 11.8 Å². The molecule has 23 heavy (non-hydrogen) atoms. The van der Waals surface area contributed by atoms with Gasteiger partial charge < -0.3 is 15.3 Å². The summed E-state index contributed by atoms with van der Waals surface area (Å²) >= 11 is 0. The molecule has 1 aliphatic heterocycles. The lowest BCUT2D eigenvalue weighted by molar-refractivity contribution is -0.131. The number of carbonyl (C=O) groups is 2. The molecule has 1 aliphatic carbocycles. The highest BCUT2D eigenvalue weighted by molar-refractivity contribution is 5.89. The Morgan fingerprint density at radius 2 is 1.96 bits per heavy atom. The molecule has 3 atom stereocenters. The molecule has 132 valence electrons. The van der Waals surface area contributed by atoms with E-state index in [-0.39, 0.29) is 29.8 Å². The third-order valence-electron chi connectivity index (χ3n) is 5.32. The molecule has 2 rings (SSSR count). The first-order chi connectivity index (χ1) is 10.9. The maximum atomic E-state index is 12.3. The standard InChI is InChI=1S/C18H32N2O3/c1-12-4-6-16(7-5-12)20-11-15(9-17(20)22)18(23)19-10-13(2)8-14(3)21/h12-16,21H,4-11H2,1-3H3,(H,19,23). The molecular weight excluding hydrogens is 292 g/mol. The van der Waals surface area contributed by atoms with Crippen molar-refractivity contribution in [2.24, 2.45) is 17.8 Å². The van der Waals surface area contributed by atoms with E-state index in [4.69, 9.17) is 0 Å². The van der Waals surface area contributed by atoms with E-state index in [1.165, 1.54) is 12.8 Å². The van der Waals surface area contributed by atoms with E-state index in [0.29, 0.717) is 32.0 Å². The third-order valence-corrected chi connectivity index (χ3v) is 5.32. The van der Waals surface area contributed by atoms with Crippen molar-refractivity contribution >= 4 is 11.8 Å². The molecule has 1 saturated carbocycles. The van der Waals surface area contributed by atoms with Gasteiger partial charge in [-0.2, -0.15) is 0 Å². The van der Waals surface area contributed by atoms with Crippen LogP contribution in [0.3, 0.4) is 0 Å². The van der Waals surface area contributed by atoms with Gasteiger partial charge in [-0.1, -0.05) is 13.8 Å². The maximum absolute atomic E-state index is 12.3. The van der Waals surface area contributed by atoms with Gasteiger partial charge in [0.05, 0.1) is 12.0 Å². The zero-order valence-electron chi connectivity index (χ0n) is 14.8. The zero-order valence-corrected chi connectivity index (χ0v) is 14.8. The molecule has 3 unspecified atom stereocenters. The minimum absolute atomic E-state index is 0.0116. The summed E-state index contributed by atoms with van der Waals surface area (Å²) in [7, 11) is 0. The fourth-order valence-corrected chi connectivity index (χ4v) is 3.90. The average Bonchev–Trinajstić information content (AvgIpc) is 2.87. The number of rotatable bonds is 6. The summed E-state index contributed by atoms with van der Waals surface area (Å²) in [6.45, 7) is 7.19. The van der Waals surface area contributed by atoms with Crippen LogP contribution in [0, 0.1) is 17.8 Å². The molecule has 2 aliphatic rings. The van der Waals surface area contributed by atoms with Crippen LogP contribution in [0.2, 0.25) is 0 Å². The summed E-state index contributed by atoms with van der Waals surface area (Å²) in [4.78, 5) is 26.5. The van der Waals surface area contributed by atoms with Gasteiger partial charge in [-0.05, 0) is 50.9 Å². The lowest BCUT2D eigenvalue weighted by atomic mass is 9.87. The van der Waals surface area contributed by atoms with E-state index in [1.807, 2.05) is 11.8 Å². The number of likely N-dealkylation sites (tertiary alicyclic amines) is 1. The number of nitrogens with zero attached hydrogens (tertiary/aromatic N) is 1. The second-order valence-corrected chi connectivity index (χ2v) is 7.80. The molecule has 1 heterocycles. The van der Waals surface area contributed by atoms with E-state index in [1.54, 1.807) is 6.92 Å². The Morgan fingerprint density at radius 1 is 1.30 bits per heavy atom. The van der Waals surface area contributed by atoms with Crippen LogP contribution >= 0.6 is 0 Å². The van der Waals surface area contributed by atoms with E-state index in [9.17, 15) is 14.7 Å². The summed E-state index contributed by atoms with van der Waals surface area (Å²) in [5.74, 6) is 0.926. The fraction of sp³-hybridized carbons (Fsp3) is 0.889. The second-order valence-electron chi connectivity index (χ2n) is 7.80. The first-order valence-electron chi connectivity index (χ1n) is 9.12. The molecule has 0 bridgehead atoms. The highest BCUT2D eigenvalue weighted by Crippen LogP contribution is 2.31. The van der Waals surface area contributed by atoms with E-state index < -0.39 is 0 Å². The van der Waals surface area contributed by atoms with Crippen LogP contribution in [0.15, 0.2) is 0 Å². The Kier molecular flexibility index (Phi) is 6.45. The van der Waals surface area contributed by atoms with Crippen LogP contribution in [0.1, 0.15) is 59.3 Å². The van der Waals surface area contributed by atoms with Crippen molar-refractivity contribution in [2.75, 3.05) is 13.1 Å². The molecule has 2 N–H and O–H groups in total. The minimum Gasteiger partial charge on any atom is -0.393 e. The van der Waals surface area contributed by atoms with Gasteiger partial charge in [-0.15, -0.1) is 0 Å². The summed E-state index contributed by atoms with van der Waals surface area (Å²) < 4.78 is 0. The zero-order chi connectivity index (χ0) is 17.0. The third kappa shape index (κ3) is 5.20. The predicted octanol–water partition coefficient (Wildman–Crippen LogP) is 1.94. The van der Waals surface area contributed by atoms with E-state index in [0.717, 1.165) is 18.8 Å². The fourth-order valence-electron chi connectivity index (χ4n) is 3.90. The molecule has 2 amide bonds.